The van der Waals surface area contributed by atoms with Crippen molar-refractivity contribution in [2.24, 2.45) is 11.3 Å². The molecule has 0 bridgehead atoms. The van der Waals surface area contributed by atoms with Gasteiger partial charge in [0, 0.05) is 18.6 Å². The molecule has 0 amide bonds. The third-order valence-electron chi connectivity index (χ3n) is 4.38. The van der Waals surface area contributed by atoms with Crippen molar-refractivity contribution in [3.05, 3.63) is 0 Å². The van der Waals surface area contributed by atoms with Crippen molar-refractivity contribution in [1.82, 2.24) is 5.32 Å². The molecular weight excluding hydrogens is 198 g/mol. The molecule has 2 nitrogen and oxygen atoms in total. The lowest BCUT2D eigenvalue weighted by atomic mass is 9.74. The Hall–Kier alpha value is -0.0800. The summed E-state index contributed by atoms with van der Waals surface area (Å²) < 4.78 is 5.66. The van der Waals surface area contributed by atoms with E-state index in [9.17, 15) is 0 Å². The second-order valence-electron chi connectivity index (χ2n) is 5.79. The predicted molar refractivity (Wildman–Crippen MR) is 67.6 cm³/mol. The molecule has 2 rings (SSSR count). The van der Waals surface area contributed by atoms with Gasteiger partial charge in [0.15, 0.2) is 0 Å². The fourth-order valence-corrected chi connectivity index (χ4v) is 3.42. The second kappa shape index (κ2) is 6.02. The molecule has 2 aliphatic rings. The van der Waals surface area contributed by atoms with E-state index in [1.54, 1.807) is 0 Å². The van der Waals surface area contributed by atoms with Crippen molar-refractivity contribution in [3.8, 4) is 0 Å². The van der Waals surface area contributed by atoms with Gasteiger partial charge in [-0.15, -0.1) is 0 Å². The monoisotopic (exact) mass is 225 g/mol. The van der Waals surface area contributed by atoms with Crippen LogP contribution in [0.3, 0.4) is 0 Å². The van der Waals surface area contributed by atoms with Crippen LogP contribution >= 0.6 is 0 Å². The average Bonchev–Trinajstić information content (AvgIpc) is 2.77. The van der Waals surface area contributed by atoms with Crippen molar-refractivity contribution >= 4 is 0 Å². The van der Waals surface area contributed by atoms with Gasteiger partial charge in [0.1, 0.15) is 0 Å². The van der Waals surface area contributed by atoms with Crippen molar-refractivity contribution in [2.75, 3.05) is 26.3 Å². The zero-order valence-electron chi connectivity index (χ0n) is 10.8. The Morgan fingerprint density at radius 3 is 2.69 bits per heavy atom. The van der Waals surface area contributed by atoms with Crippen LogP contribution in [0.4, 0.5) is 0 Å². The number of rotatable bonds is 5. The van der Waals surface area contributed by atoms with Crippen LogP contribution in [0.1, 0.15) is 51.9 Å². The van der Waals surface area contributed by atoms with Crippen LogP contribution < -0.4 is 5.32 Å². The molecule has 1 atom stereocenters. The number of hydrogen-bond donors (Lipinski definition) is 1. The summed E-state index contributed by atoms with van der Waals surface area (Å²) in [6, 6.07) is 0. The van der Waals surface area contributed by atoms with Gasteiger partial charge in [-0.25, -0.2) is 0 Å². The minimum absolute atomic E-state index is 0.470. The van der Waals surface area contributed by atoms with E-state index in [0.717, 1.165) is 25.7 Å². The molecule has 1 aliphatic heterocycles. The van der Waals surface area contributed by atoms with Gasteiger partial charge < -0.3 is 10.1 Å². The molecule has 94 valence electrons. The minimum Gasteiger partial charge on any atom is -0.381 e. The average molecular weight is 225 g/mol. The Balaban J connectivity index is 1.85. The quantitative estimate of drug-likeness (QED) is 0.776. The van der Waals surface area contributed by atoms with Crippen molar-refractivity contribution < 1.29 is 4.74 Å². The van der Waals surface area contributed by atoms with Crippen LogP contribution in [0.25, 0.3) is 0 Å². The van der Waals surface area contributed by atoms with E-state index in [1.165, 1.54) is 51.5 Å². The highest BCUT2D eigenvalue weighted by molar-refractivity contribution is 4.88. The van der Waals surface area contributed by atoms with Crippen LogP contribution in [0, 0.1) is 11.3 Å². The van der Waals surface area contributed by atoms with E-state index in [-0.39, 0.29) is 0 Å². The molecule has 2 heteroatoms. The summed E-state index contributed by atoms with van der Waals surface area (Å²) in [6.07, 6.45) is 10.00. The Labute approximate surface area is 100 Å². The molecule has 1 N–H and O–H groups in total. The van der Waals surface area contributed by atoms with Crippen LogP contribution in [0.15, 0.2) is 0 Å². The first kappa shape index (κ1) is 12.4. The lowest BCUT2D eigenvalue weighted by Gasteiger charge is -2.33. The first-order valence-corrected chi connectivity index (χ1v) is 7.13. The van der Waals surface area contributed by atoms with Gasteiger partial charge in [0.2, 0.25) is 0 Å². The molecule has 16 heavy (non-hydrogen) atoms. The topological polar surface area (TPSA) is 21.3 Å². The maximum atomic E-state index is 5.66. The molecular formula is C14H27NO. The SMILES string of the molecule is CCNCC1(CC2CCCCC2)CCOC1. The third-order valence-corrected chi connectivity index (χ3v) is 4.38. The van der Waals surface area contributed by atoms with Crippen LogP contribution in [0.5, 0.6) is 0 Å². The van der Waals surface area contributed by atoms with Gasteiger partial charge >= 0.3 is 0 Å². The molecule has 0 spiro atoms. The third kappa shape index (κ3) is 3.21. The molecule has 0 aromatic rings. The summed E-state index contributed by atoms with van der Waals surface area (Å²) >= 11 is 0. The summed E-state index contributed by atoms with van der Waals surface area (Å²) in [5.41, 5.74) is 0.470. The van der Waals surface area contributed by atoms with Gasteiger partial charge in [-0.05, 0) is 25.3 Å². The number of hydrogen-bond acceptors (Lipinski definition) is 2. The zero-order valence-corrected chi connectivity index (χ0v) is 10.8. The van der Waals surface area contributed by atoms with Gasteiger partial charge in [-0.1, -0.05) is 39.0 Å². The number of ether oxygens (including phenoxy) is 1. The Bertz CT molecular complexity index is 193. The van der Waals surface area contributed by atoms with Crippen LogP contribution in [0.2, 0.25) is 0 Å². The molecule has 1 saturated heterocycles. The summed E-state index contributed by atoms with van der Waals surface area (Å²) in [6.45, 7) is 6.44. The summed E-state index contributed by atoms with van der Waals surface area (Å²) in [7, 11) is 0. The standard InChI is InChI=1S/C14H27NO/c1-2-15-11-14(8-9-16-12-14)10-13-6-4-3-5-7-13/h13,15H,2-12H2,1H3. The predicted octanol–water partition coefficient (Wildman–Crippen LogP) is 2.97. The lowest BCUT2D eigenvalue weighted by molar-refractivity contribution is 0.122. The first-order valence-electron chi connectivity index (χ1n) is 7.13. The number of nitrogens with one attached hydrogen (secondary N) is 1. The van der Waals surface area contributed by atoms with E-state index in [4.69, 9.17) is 4.74 Å². The van der Waals surface area contributed by atoms with Gasteiger partial charge in [-0.3, -0.25) is 0 Å². The molecule has 1 aliphatic carbocycles. The molecule has 1 heterocycles. The van der Waals surface area contributed by atoms with Crippen molar-refractivity contribution in [1.29, 1.82) is 0 Å². The lowest BCUT2D eigenvalue weighted by Crippen LogP contribution is -2.37. The van der Waals surface area contributed by atoms with E-state index >= 15 is 0 Å². The van der Waals surface area contributed by atoms with Crippen molar-refractivity contribution in [2.45, 2.75) is 51.9 Å². The summed E-state index contributed by atoms with van der Waals surface area (Å²) in [5.74, 6) is 0.981. The smallest absolute Gasteiger partial charge is 0.0535 e. The van der Waals surface area contributed by atoms with E-state index < -0.39 is 0 Å². The van der Waals surface area contributed by atoms with Gasteiger partial charge in [-0.2, -0.15) is 0 Å². The zero-order chi connectivity index (χ0) is 11.3. The summed E-state index contributed by atoms with van der Waals surface area (Å²) in [5, 5.41) is 3.54. The van der Waals surface area contributed by atoms with Gasteiger partial charge in [0.05, 0.1) is 6.61 Å². The van der Waals surface area contributed by atoms with Crippen LogP contribution in [-0.2, 0) is 4.74 Å². The molecule has 2 fully saturated rings. The van der Waals surface area contributed by atoms with E-state index in [1.807, 2.05) is 0 Å². The van der Waals surface area contributed by atoms with Crippen molar-refractivity contribution in [3.63, 3.8) is 0 Å². The van der Waals surface area contributed by atoms with Crippen LogP contribution in [-0.4, -0.2) is 26.3 Å². The molecule has 0 aromatic heterocycles. The largest absolute Gasteiger partial charge is 0.381 e. The maximum absolute atomic E-state index is 5.66. The molecule has 0 radical (unpaired) electrons. The van der Waals surface area contributed by atoms with E-state index in [0.29, 0.717) is 5.41 Å². The fourth-order valence-electron chi connectivity index (χ4n) is 3.42. The Morgan fingerprint density at radius 2 is 2.06 bits per heavy atom. The highest BCUT2D eigenvalue weighted by Gasteiger charge is 2.36. The Kier molecular flexibility index (Phi) is 4.66. The minimum atomic E-state index is 0.470. The van der Waals surface area contributed by atoms with Gasteiger partial charge in [0.25, 0.3) is 0 Å². The first-order chi connectivity index (χ1) is 7.85. The highest BCUT2D eigenvalue weighted by Crippen LogP contribution is 2.39. The van der Waals surface area contributed by atoms with E-state index in [2.05, 4.69) is 12.2 Å². The second-order valence-corrected chi connectivity index (χ2v) is 5.79. The summed E-state index contributed by atoms with van der Waals surface area (Å²) in [4.78, 5) is 0. The maximum Gasteiger partial charge on any atom is 0.0535 e. The molecule has 0 aromatic carbocycles. The fraction of sp³-hybridized carbons (Fsp3) is 1.00. The molecule has 1 saturated carbocycles. The normalized spacial score (nSPS) is 32.1. The molecule has 1 unspecified atom stereocenters. The Morgan fingerprint density at radius 1 is 1.25 bits per heavy atom. The highest BCUT2D eigenvalue weighted by atomic mass is 16.5.